The van der Waals surface area contributed by atoms with Gasteiger partial charge in [-0.3, -0.25) is 0 Å². The monoisotopic (exact) mass is 487 g/mol. The molecular weight excluding hydrogens is 458 g/mol. The number of hydrogen-bond acceptors (Lipinski definition) is 7. The van der Waals surface area contributed by atoms with Crippen LogP contribution in [0.5, 0.6) is 5.75 Å². The van der Waals surface area contributed by atoms with Crippen LogP contribution in [0.4, 0.5) is 0 Å². The molecule has 170 valence electrons. The molecule has 1 aromatic heterocycles. The number of esters is 1. The van der Waals surface area contributed by atoms with Gasteiger partial charge in [0.25, 0.3) is 0 Å². The van der Waals surface area contributed by atoms with Gasteiger partial charge in [0, 0.05) is 28.6 Å². The number of carbonyl (C=O) groups excluding carboxylic acids is 1. The number of benzene rings is 1. The summed E-state index contributed by atoms with van der Waals surface area (Å²) in [7, 11) is 0. The molecule has 0 fully saturated rings. The highest BCUT2D eigenvalue weighted by molar-refractivity contribution is 8.17. The van der Waals surface area contributed by atoms with Crippen molar-refractivity contribution in [2.75, 3.05) is 30.5 Å². The second kappa shape index (κ2) is 11.9. The number of pyridine rings is 1. The zero-order valence-corrected chi connectivity index (χ0v) is 21.5. The van der Waals surface area contributed by atoms with Gasteiger partial charge in [0.1, 0.15) is 11.4 Å². The van der Waals surface area contributed by atoms with Crippen molar-refractivity contribution in [2.24, 2.45) is 0 Å². The molecule has 1 aliphatic heterocycles. The summed E-state index contributed by atoms with van der Waals surface area (Å²) in [6, 6.07) is 7.85. The minimum Gasteiger partial charge on any atom is -0.493 e. The molecule has 1 aliphatic rings. The number of rotatable bonds is 8. The van der Waals surface area contributed by atoms with Crippen LogP contribution < -0.4 is 4.74 Å². The Morgan fingerprint density at radius 2 is 1.91 bits per heavy atom. The minimum atomic E-state index is -0.367. The van der Waals surface area contributed by atoms with E-state index in [2.05, 4.69) is 49.7 Å². The van der Waals surface area contributed by atoms with Gasteiger partial charge in [0.2, 0.25) is 0 Å². The average molecular weight is 488 g/mol. The lowest BCUT2D eigenvalue weighted by Crippen LogP contribution is -2.27. The van der Waals surface area contributed by atoms with Crippen molar-refractivity contribution in [2.45, 2.75) is 43.1 Å². The van der Waals surface area contributed by atoms with Crippen molar-refractivity contribution < 1.29 is 14.3 Å². The van der Waals surface area contributed by atoms with Gasteiger partial charge in [-0.15, -0.1) is 35.3 Å². The molecule has 0 bridgehead atoms. The molecule has 4 nitrogen and oxygen atoms in total. The first kappa shape index (κ1) is 24.9. The molecule has 3 rings (SSSR count). The highest BCUT2D eigenvalue weighted by Gasteiger charge is 2.38. The van der Waals surface area contributed by atoms with Crippen LogP contribution in [0.3, 0.4) is 0 Å². The molecule has 2 aromatic rings. The Morgan fingerprint density at radius 3 is 2.53 bits per heavy atom. The smallest absolute Gasteiger partial charge is 0.339 e. The molecule has 1 aromatic carbocycles. The maximum Gasteiger partial charge on any atom is 0.339 e. The molecule has 0 atom stereocenters. The highest BCUT2D eigenvalue weighted by atomic mass is 32.2. The maximum atomic E-state index is 11.8. The van der Waals surface area contributed by atoms with Crippen molar-refractivity contribution in [1.29, 1.82) is 0 Å². The van der Waals surface area contributed by atoms with Gasteiger partial charge in [0.05, 0.1) is 22.9 Å². The van der Waals surface area contributed by atoms with E-state index in [-0.39, 0.29) is 10.0 Å². The first-order chi connectivity index (χ1) is 15.6. The fourth-order valence-electron chi connectivity index (χ4n) is 3.52. The predicted octanol–water partition coefficient (Wildman–Crippen LogP) is 6.21. The van der Waals surface area contributed by atoms with Gasteiger partial charge in [-0.1, -0.05) is 26.7 Å². The van der Waals surface area contributed by atoms with Crippen molar-refractivity contribution in [3.63, 3.8) is 0 Å². The van der Waals surface area contributed by atoms with E-state index >= 15 is 0 Å². The van der Waals surface area contributed by atoms with Crippen LogP contribution in [0, 0.1) is 11.8 Å². The Balaban J connectivity index is 1.99. The topological polar surface area (TPSA) is 48.4 Å². The lowest BCUT2D eigenvalue weighted by atomic mass is 10.0. The van der Waals surface area contributed by atoms with E-state index < -0.39 is 0 Å². The van der Waals surface area contributed by atoms with Crippen LogP contribution in [-0.2, 0) is 8.82 Å². The molecule has 32 heavy (non-hydrogen) atoms. The lowest BCUT2D eigenvalue weighted by Gasteiger charge is -2.38. The van der Waals surface area contributed by atoms with E-state index in [9.17, 15) is 4.79 Å². The summed E-state index contributed by atoms with van der Waals surface area (Å²) in [6.45, 7) is 9.44. The van der Waals surface area contributed by atoms with Crippen molar-refractivity contribution >= 4 is 41.3 Å². The highest BCUT2D eigenvalue weighted by Crippen LogP contribution is 2.55. The van der Waals surface area contributed by atoms with E-state index in [0.29, 0.717) is 17.9 Å². The summed E-state index contributed by atoms with van der Waals surface area (Å²) in [5.74, 6) is 10.2. The number of hydrogen-bond donors (Lipinski definition) is 0. The average Bonchev–Trinajstić information content (AvgIpc) is 2.79. The Bertz CT molecular complexity index is 990. The minimum absolute atomic E-state index is 0.00244. The second-order valence-corrected chi connectivity index (χ2v) is 11.6. The molecule has 0 aliphatic carbocycles. The summed E-state index contributed by atoms with van der Waals surface area (Å²) >= 11 is 5.75. The molecule has 0 spiro atoms. The van der Waals surface area contributed by atoms with Gasteiger partial charge in [-0.2, -0.15) is 0 Å². The standard InChI is InChI=1S/C25H29NO3S3/c1-5-28-24(27)19-10-12-20(26-17-19)11-9-18-15-21-22(16-23(18)30-6-2)29-14-13-25(21,31-7-3)32-8-4/h10,12,15-17H,5-8,13-14H2,1-4H3. The first-order valence-electron chi connectivity index (χ1n) is 10.9. The lowest BCUT2D eigenvalue weighted by molar-refractivity contribution is 0.0526. The number of ether oxygens (including phenoxy) is 2. The molecule has 0 saturated carbocycles. The summed E-state index contributed by atoms with van der Waals surface area (Å²) < 4.78 is 11.1. The van der Waals surface area contributed by atoms with Crippen LogP contribution in [0.15, 0.2) is 35.4 Å². The Hall–Kier alpha value is -1.75. The van der Waals surface area contributed by atoms with Gasteiger partial charge in [-0.25, -0.2) is 9.78 Å². The Labute approximate surface area is 204 Å². The summed E-state index contributed by atoms with van der Waals surface area (Å²) in [5.41, 5.74) is 3.29. The zero-order chi connectivity index (χ0) is 23.0. The fraction of sp³-hybridized carbons (Fsp3) is 0.440. The van der Waals surface area contributed by atoms with E-state index in [0.717, 1.165) is 46.5 Å². The van der Waals surface area contributed by atoms with E-state index in [1.807, 2.05) is 23.5 Å². The predicted molar refractivity (Wildman–Crippen MR) is 137 cm³/mol. The van der Waals surface area contributed by atoms with Gasteiger partial charge in [-0.05, 0) is 54.4 Å². The third-order valence-electron chi connectivity index (χ3n) is 4.84. The molecule has 0 unspecified atom stereocenters. The summed E-state index contributed by atoms with van der Waals surface area (Å²) in [4.78, 5) is 17.3. The van der Waals surface area contributed by atoms with Crippen LogP contribution in [-0.4, -0.2) is 41.4 Å². The van der Waals surface area contributed by atoms with Crippen molar-refractivity contribution in [3.05, 3.63) is 52.8 Å². The summed E-state index contributed by atoms with van der Waals surface area (Å²) in [5, 5.41) is 0. The SMILES string of the molecule is CCOC(=O)c1ccc(C#Cc2cc3c(cc2SCC)OCCC3(SCC)SCC)nc1. The Morgan fingerprint density at radius 1 is 1.12 bits per heavy atom. The number of fused-ring (bicyclic) bond motifs is 1. The van der Waals surface area contributed by atoms with Gasteiger partial charge >= 0.3 is 5.97 Å². The zero-order valence-electron chi connectivity index (χ0n) is 19.0. The van der Waals surface area contributed by atoms with Crippen LogP contribution in [0.1, 0.15) is 61.3 Å². The van der Waals surface area contributed by atoms with Crippen molar-refractivity contribution in [1.82, 2.24) is 4.98 Å². The van der Waals surface area contributed by atoms with Gasteiger partial charge < -0.3 is 9.47 Å². The summed E-state index contributed by atoms with van der Waals surface area (Å²) in [6.07, 6.45) is 2.51. The quantitative estimate of drug-likeness (QED) is 0.190. The Kier molecular flexibility index (Phi) is 9.27. The molecular formula is C25H29NO3S3. The number of thioether (sulfide) groups is 3. The molecule has 7 heteroatoms. The normalized spacial score (nSPS) is 14.0. The molecule has 2 heterocycles. The number of carbonyl (C=O) groups is 1. The van der Waals surface area contributed by atoms with Crippen LogP contribution in [0.25, 0.3) is 0 Å². The second-order valence-electron chi connectivity index (χ2n) is 6.90. The molecule has 0 N–H and O–H groups in total. The van der Waals surface area contributed by atoms with E-state index in [1.54, 1.807) is 30.8 Å². The third-order valence-corrected chi connectivity index (χ3v) is 8.84. The molecule has 0 radical (unpaired) electrons. The number of aromatic nitrogens is 1. The molecule has 0 saturated heterocycles. The van der Waals surface area contributed by atoms with E-state index in [4.69, 9.17) is 9.47 Å². The molecule has 0 amide bonds. The van der Waals surface area contributed by atoms with Crippen LogP contribution in [0.2, 0.25) is 0 Å². The fourth-order valence-corrected chi connectivity index (χ4v) is 7.35. The maximum absolute atomic E-state index is 11.8. The van der Waals surface area contributed by atoms with E-state index in [1.165, 1.54) is 11.8 Å². The third kappa shape index (κ3) is 5.78. The number of nitrogens with zero attached hydrogens (tertiary/aromatic N) is 1. The largest absolute Gasteiger partial charge is 0.493 e. The van der Waals surface area contributed by atoms with Gasteiger partial charge in [0.15, 0.2) is 0 Å². The first-order valence-corrected chi connectivity index (χ1v) is 13.9. The van der Waals surface area contributed by atoms with Crippen molar-refractivity contribution in [3.8, 4) is 17.6 Å². The van der Waals surface area contributed by atoms with Crippen LogP contribution >= 0.6 is 35.3 Å².